The summed E-state index contributed by atoms with van der Waals surface area (Å²) in [5, 5.41) is 2.87. The van der Waals surface area contributed by atoms with E-state index >= 15 is 0 Å². The molecule has 0 amide bonds. The second-order valence-electron chi connectivity index (χ2n) is 4.24. The molecule has 20 heavy (non-hydrogen) atoms. The molecule has 0 spiro atoms. The molecule has 0 aromatic carbocycles. The van der Waals surface area contributed by atoms with Crippen LogP contribution in [-0.4, -0.2) is 36.8 Å². The minimum absolute atomic E-state index is 0.173. The SMILES string of the molecule is CNc1ccncc1S(=O)(=O)N(C)Cc1scnc1C. The number of aryl methyl sites for hydroxylation is 1. The zero-order valence-electron chi connectivity index (χ0n) is 11.5. The van der Waals surface area contributed by atoms with Crippen LogP contribution in [0.5, 0.6) is 0 Å². The Hall–Kier alpha value is -1.51. The summed E-state index contributed by atoms with van der Waals surface area (Å²) in [7, 11) is -0.349. The maximum atomic E-state index is 12.6. The molecule has 0 unspecified atom stereocenters. The molecule has 2 aromatic heterocycles. The molecule has 8 heteroatoms. The van der Waals surface area contributed by atoms with Crippen LogP contribution in [0.2, 0.25) is 0 Å². The Morgan fingerprint density at radius 2 is 2.20 bits per heavy atom. The van der Waals surface area contributed by atoms with E-state index < -0.39 is 10.0 Å². The van der Waals surface area contributed by atoms with Gasteiger partial charge in [0, 0.05) is 37.9 Å². The van der Waals surface area contributed by atoms with Crippen LogP contribution in [0.25, 0.3) is 0 Å². The number of hydrogen-bond acceptors (Lipinski definition) is 6. The summed E-state index contributed by atoms with van der Waals surface area (Å²) in [6, 6.07) is 1.64. The van der Waals surface area contributed by atoms with Crippen LogP contribution in [0.15, 0.2) is 28.9 Å². The normalized spacial score (nSPS) is 11.8. The van der Waals surface area contributed by atoms with Gasteiger partial charge in [-0.2, -0.15) is 4.31 Å². The average Bonchev–Trinajstić information content (AvgIpc) is 2.84. The average molecular weight is 312 g/mol. The molecule has 108 valence electrons. The number of pyridine rings is 1. The zero-order valence-corrected chi connectivity index (χ0v) is 13.1. The van der Waals surface area contributed by atoms with Gasteiger partial charge in [0.2, 0.25) is 10.0 Å². The Morgan fingerprint density at radius 1 is 1.45 bits per heavy atom. The lowest BCUT2D eigenvalue weighted by atomic mass is 10.4. The van der Waals surface area contributed by atoms with Gasteiger partial charge in [0.05, 0.1) is 16.9 Å². The van der Waals surface area contributed by atoms with E-state index in [1.165, 1.54) is 21.8 Å². The van der Waals surface area contributed by atoms with E-state index in [0.717, 1.165) is 10.6 Å². The number of thiazole rings is 1. The Labute approximate surface area is 122 Å². The number of aromatic nitrogens is 2. The Bertz CT molecular complexity index is 697. The van der Waals surface area contributed by atoms with E-state index in [2.05, 4.69) is 15.3 Å². The summed E-state index contributed by atoms with van der Waals surface area (Å²) in [4.78, 5) is 9.14. The van der Waals surface area contributed by atoms with Crippen LogP contribution >= 0.6 is 11.3 Å². The molecule has 0 aliphatic rings. The van der Waals surface area contributed by atoms with E-state index in [-0.39, 0.29) is 4.90 Å². The number of rotatable bonds is 5. The molecule has 0 aliphatic carbocycles. The lowest BCUT2D eigenvalue weighted by Crippen LogP contribution is -2.27. The molecule has 0 aliphatic heterocycles. The first-order valence-corrected chi connectivity index (χ1v) is 8.26. The van der Waals surface area contributed by atoms with Gasteiger partial charge in [-0.1, -0.05) is 0 Å². The third-order valence-corrected chi connectivity index (χ3v) is 5.70. The topological polar surface area (TPSA) is 75.2 Å². The fraction of sp³-hybridized carbons (Fsp3) is 0.333. The van der Waals surface area contributed by atoms with Crippen molar-refractivity contribution < 1.29 is 8.42 Å². The molecule has 0 fully saturated rings. The monoisotopic (exact) mass is 312 g/mol. The molecule has 0 saturated heterocycles. The molecule has 2 heterocycles. The zero-order chi connectivity index (χ0) is 14.8. The Balaban J connectivity index is 2.32. The van der Waals surface area contributed by atoms with Gasteiger partial charge in [-0.3, -0.25) is 4.98 Å². The van der Waals surface area contributed by atoms with E-state index in [9.17, 15) is 8.42 Å². The highest BCUT2D eigenvalue weighted by Crippen LogP contribution is 2.24. The van der Waals surface area contributed by atoms with Crippen LogP contribution in [0, 0.1) is 6.92 Å². The first-order valence-electron chi connectivity index (χ1n) is 5.94. The van der Waals surface area contributed by atoms with Crippen molar-refractivity contribution in [3.63, 3.8) is 0 Å². The van der Waals surface area contributed by atoms with Crippen molar-refractivity contribution in [3.05, 3.63) is 34.5 Å². The summed E-state index contributed by atoms with van der Waals surface area (Å²) < 4.78 is 26.5. The third kappa shape index (κ3) is 2.82. The highest BCUT2D eigenvalue weighted by Gasteiger charge is 2.25. The summed E-state index contributed by atoms with van der Waals surface area (Å²) in [5.41, 5.74) is 3.11. The van der Waals surface area contributed by atoms with Crippen molar-refractivity contribution >= 4 is 27.0 Å². The van der Waals surface area contributed by atoms with Gasteiger partial charge in [0.25, 0.3) is 0 Å². The van der Waals surface area contributed by atoms with Gasteiger partial charge in [0.15, 0.2) is 0 Å². The Morgan fingerprint density at radius 3 is 2.80 bits per heavy atom. The highest BCUT2D eigenvalue weighted by atomic mass is 32.2. The summed E-state index contributed by atoms with van der Waals surface area (Å²) in [6.07, 6.45) is 2.91. The standard InChI is InChI=1S/C12H16N4O2S2/c1-9-11(19-8-15-9)7-16(3)20(17,18)12-6-14-5-4-10(12)13-2/h4-6,8H,7H2,1-3H3,(H,13,14). The molecule has 0 bridgehead atoms. The summed E-state index contributed by atoms with van der Waals surface area (Å²) >= 11 is 1.45. The van der Waals surface area contributed by atoms with Crippen molar-refractivity contribution in [2.45, 2.75) is 18.4 Å². The molecule has 0 atom stereocenters. The van der Waals surface area contributed by atoms with Crippen molar-refractivity contribution in [2.24, 2.45) is 0 Å². The number of nitrogens with zero attached hydrogens (tertiary/aromatic N) is 3. The number of hydrogen-bond donors (Lipinski definition) is 1. The highest BCUT2D eigenvalue weighted by molar-refractivity contribution is 7.89. The van der Waals surface area contributed by atoms with Crippen LogP contribution in [0.4, 0.5) is 5.69 Å². The number of sulfonamides is 1. The predicted molar refractivity (Wildman–Crippen MR) is 79.3 cm³/mol. The number of anilines is 1. The van der Waals surface area contributed by atoms with Gasteiger partial charge in [0.1, 0.15) is 4.90 Å². The van der Waals surface area contributed by atoms with Gasteiger partial charge < -0.3 is 5.32 Å². The van der Waals surface area contributed by atoms with Crippen molar-refractivity contribution in [2.75, 3.05) is 19.4 Å². The van der Waals surface area contributed by atoms with E-state index in [0.29, 0.717) is 12.2 Å². The smallest absolute Gasteiger partial charge is 0.246 e. The fourth-order valence-corrected chi connectivity index (χ4v) is 3.91. The molecule has 1 N–H and O–H groups in total. The quantitative estimate of drug-likeness (QED) is 0.909. The molecular formula is C12H16N4O2S2. The second kappa shape index (κ2) is 5.86. The second-order valence-corrected chi connectivity index (χ2v) is 7.20. The molecular weight excluding hydrogens is 296 g/mol. The minimum Gasteiger partial charge on any atom is -0.387 e. The van der Waals surface area contributed by atoms with Gasteiger partial charge in [-0.25, -0.2) is 13.4 Å². The molecule has 6 nitrogen and oxygen atoms in total. The first-order chi connectivity index (χ1) is 9.46. The maximum Gasteiger partial charge on any atom is 0.246 e. The maximum absolute atomic E-state index is 12.6. The minimum atomic E-state index is -3.59. The van der Waals surface area contributed by atoms with Crippen LogP contribution < -0.4 is 5.32 Å². The van der Waals surface area contributed by atoms with E-state index in [4.69, 9.17) is 0 Å². The van der Waals surface area contributed by atoms with Crippen LogP contribution in [0.3, 0.4) is 0 Å². The van der Waals surface area contributed by atoms with E-state index in [1.807, 2.05) is 6.92 Å². The molecule has 0 radical (unpaired) electrons. The van der Waals surface area contributed by atoms with Crippen LogP contribution in [0.1, 0.15) is 10.6 Å². The molecule has 2 rings (SSSR count). The lowest BCUT2D eigenvalue weighted by molar-refractivity contribution is 0.468. The predicted octanol–water partition coefficient (Wildman–Crippen LogP) is 1.71. The summed E-state index contributed by atoms with van der Waals surface area (Å²) in [6.45, 7) is 2.17. The van der Waals surface area contributed by atoms with Crippen LogP contribution in [-0.2, 0) is 16.6 Å². The molecule has 2 aromatic rings. The van der Waals surface area contributed by atoms with Gasteiger partial charge in [-0.05, 0) is 13.0 Å². The lowest BCUT2D eigenvalue weighted by Gasteiger charge is -2.18. The van der Waals surface area contributed by atoms with Gasteiger partial charge in [-0.15, -0.1) is 11.3 Å². The third-order valence-electron chi connectivity index (χ3n) is 2.95. The van der Waals surface area contributed by atoms with Crippen molar-refractivity contribution in [1.29, 1.82) is 0 Å². The number of nitrogens with one attached hydrogen (secondary N) is 1. The van der Waals surface area contributed by atoms with Crippen molar-refractivity contribution in [3.8, 4) is 0 Å². The Kier molecular flexibility index (Phi) is 4.36. The van der Waals surface area contributed by atoms with Crippen molar-refractivity contribution in [1.82, 2.24) is 14.3 Å². The molecule has 0 saturated carbocycles. The van der Waals surface area contributed by atoms with Gasteiger partial charge >= 0.3 is 0 Å². The first kappa shape index (κ1) is 14.9. The fourth-order valence-electron chi connectivity index (χ4n) is 1.73. The van der Waals surface area contributed by atoms with E-state index in [1.54, 1.807) is 31.9 Å². The largest absolute Gasteiger partial charge is 0.387 e. The summed E-state index contributed by atoms with van der Waals surface area (Å²) in [5.74, 6) is 0.